The number of piperazine rings is 1. The molecule has 3 rings (SSSR count). The van der Waals surface area contributed by atoms with Crippen LogP contribution in [-0.4, -0.2) is 49.6 Å². The SMILES string of the molecule is CCN1CCN(c2ccc(NC(C)C(=O)Nc3cc(C)ccc3C)c(C)c2)CC1. The molecule has 0 aromatic heterocycles. The van der Waals surface area contributed by atoms with Gasteiger partial charge in [0.15, 0.2) is 0 Å². The minimum absolute atomic E-state index is 0.0298. The Balaban J connectivity index is 1.62. The number of carbonyl (C=O) groups is 1. The summed E-state index contributed by atoms with van der Waals surface area (Å²) in [6.45, 7) is 15.7. The summed E-state index contributed by atoms with van der Waals surface area (Å²) in [6, 6.07) is 12.3. The largest absolute Gasteiger partial charge is 0.374 e. The Kier molecular flexibility index (Phi) is 6.80. The lowest BCUT2D eigenvalue weighted by Crippen LogP contribution is -2.46. The smallest absolute Gasteiger partial charge is 0.246 e. The summed E-state index contributed by atoms with van der Waals surface area (Å²) in [4.78, 5) is 17.6. The van der Waals surface area contributed by atoms with Crippen molar-refractivity contribution in [3.63, 3.8) is 0 Å². The predicted molar refractivity (Wildman–Crippen MR) is 123 cm³/mol. The van der Waals surface area contributed by atoms with Gasteiger partial charge in [0.2, 0.25) is 5.91 Å². The van der Waals surface area contributed by atoms with Crippen molar-refractivity contribution in [3.8, 4) is 0 Å². The third-order valence-corrected chi connectivity index (χ3v) is 5.81. The van der Waals surface area contributed by atoms with Crippen LogP contribution >= 0.6 is 0 Å². The van der Waals surface area contributed by atoms with Crippen LogP contribution in [0, 0.1) is 20.8 Å². The lowest BCUT2D eigenvalue weighted by Gasteiger charge is -2.35. The van der Waals surface area contributed by atoms with Gasteiger partial charge >= 0.3 is 0 Å². The van der Waals surface area contributed by atoms with Gasteiger partial charge in [-0.3, -0.25) is 4.79 Å². The molecule has 156 valence electrons. The zero-order chi connectivity index (χ0) is 21.0. The molecule has 5 heteroatoms. The fourth-order valence-corrected chi connectivity index (χ4v) is 3.74. The molecule has 1 aliphatic rings. The number of rotatable bonds is 6. The van der Waals surface area contributed by atoms with Gasteiger partial charge in [-0.05, 0) is 75.2 Å². The molecule has 0 spiro atoms. The topological polar surface area (TPSA) is 47.6 Å². The van der Waals surface area contributed by atoms with Crippen LogP contribution in [0.5, 0.6) is 0 Å². The Hall–Kier alpha value is -2.53. The molecule has 0 bridgehead atoms. The second-order valence-electron chi connectivity index (χ2n) is 8.09. The molecular weight excluding hydrogens is 360 g/mol. The molecule has 0 aliphatic carbocycles. The van der Waals surface area contributed by atoms with Crippen molar-refractivity contribution in [2.24, 2.45) is 0 Å². The van der Waals surface area contributed by atoms with Gasteiger partial charge in [-0.1, -0.05) is 19.1 Å². The first kappa shape index (κ1) is 21.2. The molecule has 1 heterocycles. The van der Waals surface area contributed by atoms with Gasteiger partial charge in [0.25, 0.3) is 0 Å². The van der Waals surface area contributed by atoms with Gasteiger partial charge in [-0.2, -0.15) is 0 Å². The number of hydrogen-bond acceptors (Lipinski definition) is 4. The third kappa shape index (κ3) is 5.30. The Morgan fingerprint density at radius 3 is 2.34 bits per heavy atom. The van der Waals surface area contributed by atoms with Crippen LogP contribution in [-0.2, 0) is 4.79 Å². The van der Waals surface area contributed by atoms with Crippen LogP contribution in [0.25, 0.3) is 0 Å². The monoisotopic (exact) mass is 394 g/mol. The van der Waals surface area contributed by atoms with E-state index in [9.17, 15) is 4.79 Å². The molecule has 5 nitrogen and oxygen atoms in total. The number of hydrogen-bond donors (Lipinski definition) is 2. The number of carbonyl (C=O) groups excluding carboxylic acids is 1. The average molecular weight is 395 g/mol. The first-order valence-electron chi connectivity index (χ1n) is 10.6. The molecule has 29 heavy (non-hydrogen) atoms. The van der Waals surface area contributed by atoms with Crippen LogP contribution < -0.4 is 15.5 Å². The third-order valence-electron chi connectivity index (χ3n) is 5.81. The van der Waals surface area contributed by atoms with Gasteiger partial charge in [-0.25, -0.2) is 0 Å². The van der Waals surface area contributed by atoms with Crippen LogP contribution in [0.3, 0.4) is 0 Å². The van der Waals surface area contributed by atoms with E-state index in [0.29, 0.717) is 0 Å². The number of aryl methyl sites for hydroxylation is 3. The summed E-state index contributed by atoms with van der Waals surface area (Å²) in [5, 5.41) is 6.42. The van der Waals surface area contributed by atoms with Crippen molar-refractivity contribution in [2.75, 3.05) is 48.3 Å². The molecule has 2 N–H and O–H groups in total. The number of amides is 1. The molecule has 2 aromatic carbocycles. The van der Waals surface area contributed by atoms with E-state index in [4.69, 9.17) is 0 Å². The van der Waals surface area contributed by atoms with E-state index in [1.54, 1.807) is 0 Å². The minimum atomic E-state index is -0.326. The van der Waals surface area contributed by atoms with E-state index in [1.807, 2.05) is 32.9 Å². The lowest BCUT2D eigenvalue weighted by molar-refractivity contribution is -0.116. The minimum Gasteiger partial charge on any atom is -0.374 e. The molecule has 1 unspecified atom stereocenters. The van der Waals surface area contributed by atoms with E-state index in [2.05, 4.69) is 58.5 Å². The Morgan fingerprint density at radius 2 is 1.69 bits per heavy atom. The first-order valence-corrected chi connectivity index (χ1v) is 10.6. The van der Waals surface area contributed by atoms with Crippen molar-refractivity contribution in [3.05, 3.63) is 53.1 Å². The van der Waals surface area contributed by atoms with Gasteiger partial charge in [0.05, 0.1) is 0 Å². The van der Waals surface area contributed by atoms with Crippen molar-refractivity contribution in [1.82, 2.24) is 4.90 Å². The Morgan fingerprint density at radius 1 is 0.966 bits per heavy atom. The highest BCUT2D eigenvalue weighted by Crippen LogP contribution is 2.25. The standard InChI is InChI=1S/C24H34N4O/c1-6-27-11-13-28(14-12-27)21-9-10-22(19(4)16-21)25-20(5)24(29)26-23-15-17(2)7-8-18(23)3/h7-10,15-16,20,25H,6,11-14H2,1-5H3,(H,26,29). The Labute approximate surface area is 175 Å². The average Bonchev–Trinajstić information content (AvgIpc) is 2.72. The molecule has 1 saturated heterocycles. The van der Waals surface area contributed by atoms with Crippen LogP contribution in [0.4, 0.5) is 17.1 Å². The van der Waals surface area contributed by atoms with E-state index < -0.39 is 0 Å². The van der Waals surface area contributed by atoms with Gasteiger partial charge in [0, 0.05) is 43.2 Å². The lowest BCUT2D eigenvalue weighted by atomic mass is 10.1. The molecule has 1 amide bonds. The van der Waals surface area contributed by atoms with E-state index in [0.717, 1.165) is 60.8 Å². The van der Waals surface area contributed by atoms with Gasteiger partial charge < -0.3 is 20.4 Å². The predicted octanol–water partition coefficient (Wildman–Crippen LogP) is 4.19. The number of nitrogens with one attached hydrogen (secondary N) is 2. The molecule has 0 saturated carbocycles. The van der Waals surface area contributed by atoms with Crippen LogP contribution in [0.1, 0.15) is 30.5 Å². The van der Waals surface area contributed by atoms with Crippen molar-refractivity contribution in [2.45, 2.75) is 40.7 Å². The molecular formula is C24H34N4O. The first-order chi connectivity index (χ1) is 13.9. The molecule has 1 aliphatic heterocycles. The Bertz CT molecular complexity index is 856. The number of anilines is 3. The van der Waals surface area contributed by atoms with E-state index >= 15 is 0 Å². The number of benzene rings is 2. The zero-order valence-corrected chi connectivity index (χ0v) is 18.4. The summed E-state index contributed by atoms with van der Waals surface area (Å²) < 4.78 is 0. The van der Waals surface area contributed by atoms with E-state index in [-0.39, 0.29) is 11.9 Å². The number of likely N-dealkylation sites (N-methyl/N-ethyl adjacent to an activating group) is 1. The molecule has 0 radical (unpaired) electrons. The summed E-state index contributed by atoms with van der Waals surface area (Å²) in [5.41, 5.74) is 6.51. The highest BCUT2D eigenvalue weighted by atomic mass is 16.2. The molecule has 1 fully saturated rings. The number of nitrogens with zero attached hydrogens (tertiary/aromatic N) is 2. The highest BCUT2D eigenvalue weighted by Gasteiger charge is 2.18. The van der Waals surface area contributed by atoms with Gasteiger partial charge in [0.1, 0.15) is 6.04 Å². The maximum Gasteiger partial charge on any atom is 0.246 e. The van der Waals surface area contributed by atoms with Crippen LogP contribution in [0.2, 0.25) is 0 Å². The van der Waals surface area contributed by atoms with Gasteiger partial charge in [-0.15, -0.1) is 0 Å². The second kappa shape index (κ2) is 9.31. The maximum atomic E-state index is 12.7. The second-order valence-corrected chi connectivity index (χ2v) is 8.09. The zero-order valence-electron chi connectivity index (χ0n) is 18.4. The highest BCUT2D eigenvalue weighted by molar-refractivity contribution is 5.97. The van der Waals surface area contributed by atoms with Crippen molar-refractivity contribution < 1.29 is 4.79 Å². The van der Waals surface area contributed by atoms with Crippen molar-refractivity contribution >= 4 is 23.0 Å². The summed E-state index contributed by atoms with van der Waals surface area (Å²) in [7, 11) is 0. The van der Waals surface area contributed by atoms with Crippen molar-refractivity contribution in [1.29, 1.82) is 0 Å². The quantitative estimate of drug-likeness (QED) is 0.771. The fraction of sp³-hybridized carbons (Fsp3) is 0.458. The van der Waals surface area contributed by atoms with E-state index in [1.165, 1.54) is 5.69 Å². The summed E-state index contributed by atoms with van der Waals surface area (Å²) in [6.07, 6.45) is 0. The van der Waals surface area contributed by atoms with Crippen LogP contribution in [0.15, 0.2) is 36.4 Å². The maximum absolute atomic E-state index is 12.7. The molecule has 2 aromatic rings. The fourth-order valence-electron chi connectivity index (χ4n) is 3.74. The summed E-state index contributed by atoms with van der Waals surface area (Å²) in [5.74, 6) is -0.0298. The molecule has 1 atom stereocenters. The summed E-state index contributed by atoms with van der Waals surface area (Å²) >= 11 is 0. The normalized spacial score (nSPS) is 15.8.